The maximum Gasteiger partial charge on any atom is 0.313 e. The van der Waals surface area contributed by atoms with Crippen LogP contribution in [0.3, 0.4) is 0 Å². The number of hydrogen-bond donors (Lipinski definition) is 2. The highest BCUT2D eigenvalue weighted by Gasteiger charge is 2.78. The van der Waals surface area contributed by atoms with Gasteiger partial charge < -0.3 is 29.7 Å². The van der Waals surface area contributed by atoms with Crippen LogP contribution in [0.2, 0.25) is 5.02 Å². The molecule has 1 unspecified atom stereocenters. The minimum Gasteiger partial charge on any atom is -0.455 e. The highest BCUT2D eigenvalue weighted by molar-refractivity contribution is 9.09. The average molecular weight is 771 g/mol. The number of aliphatic hydroxyl groups excluding tert-OH is 1. The molecule has 3 aliphatic heterocycles. The van der Waals surface area contributed by atoms with Crippen molar-refractivity contribution in [3.05, 3.63) is 90.5 Å². The lowest BCUT2D eigenvalue weighted by molar-refractivity contribution is -0.162. The number of hydrogen-bond acceptors (Lipinski definition) is 7. The number of likely N-dealkylation sites (tertiary alicyclic amines) is 1. The third kappa shape index (κ3) is 6.89. The van der Waals surface area contributed by atoms with Crippen molar-refractivity contribution >= 4 is 56.9 Å². The Hall–Kier alpha value is -3.51. The summed E-state index contributed by atoms with van der Waals surface area (Å²) in [5.41, 5.74) is -0.309. The Morgan fingerprint density at radius 1 is 1.14 bits per heavy atom. The van der Waals surface area contributed by atoms with Gasteiger partial charge in [-0.3, -0.25) is 19.2 Å². The number of esters is 1. The topological polar surface area (TPSA) is 125 Å². The van der Waals surface area contributed by atoms with Gasteiger partial charge in [-0.25, -0.2) is 0 Å². The third-order valence-corrected chi connectivity index (χ3v) is 11.2. The van der Waals surface area contributed by atoms with Gasteiger partial charge in [-0.2, -0.15) is 0 Å². The van der Waals surface area contributed by atoms with Gasteiger partial charge in [0.05, 0.1) is 47.3 Å². The number of aliphatic hydroxyl groups is 1. The van der Waals surface area contributed by atoms with E-state index in [1.54, 1.807) is 43.3 Å². The van der Waals surface area contributed by atoms with Gasteiger partial charge in [0, 0.05) is 17.8 Å². The van der Waals surface area contributed by atoms with E-state index in [0.717, 1.165) is 0 Å². The van der Waals surface area contributed by atoms with Crippen molar-refractivity contribution in [3.8, 4) is 0 Å². The van der Waals surface area contributed by atoms with Crippen LogP contribution in [0.1, 0.15) is 51.7 Å². The average Bonchev–Trinajstić information content (AvgIpc) is 3.69. The van der Waals surface area contributed by atoms with Crippen LogP contribution in [0.4, 0.5) is 5.69 Å². The van der Waals surface area contributed by atoms with Gasteiger partial charge in [-0.15, -0.1) is 13.2 Å². The van der Waals surface area contributed by atoms with Crippen LogP contribution in [0.5, 0.6) is 0 Å². The number of alkyl halides is 1. The number of nitrogens with zero attached hydrogens (tertiary/aromatic N) is 2. The second kappa shape index (κ2) is 15.8. The first-order chi connectivity index (χ1) is 23.9. The highest BCUT2D eigenvalue weighted by atomic mass is 79.9. The molecule has 2 aromatic rings. The minimum absolute atomic E-state index is 0.0924. The lowest BCUT2D eigenvalue weighted by Crippen LogP contribution is -2.60. The predicted molar refractivity (Wildman–Crippen MR) is 195 cm³/mol. The molecule has 2 N–H and O–H groups in total. The third-order valence-electron chi connectivity index (χ3n) is 10.1. The Kier molecular flexibility index (Phi) is 11.9. The molecule has 3 saturated heterocycles. The predicted octanol–water partition coefficient (Wildman–Crippen LogP) is 5.38. The van der Waals surface area contributed by atoms with Crippen LogP contribution >= 0.6 is 27.5 Å². The monoisotopic (exact) mass is 769 g/mol. The highest BCUT2D eigenvalue weighted by Crippen LogP contribution is 2.61. The first kappa shape index (κ1) is 37.7. The van der Waals surface area contributed by atoms with Crippen molar-refractivity contribution in [2.75, 3.05) is 18.1 Å². The van der Waals surface area contributed by atoms with E-state index >= 15 is 0 Å². The van der Waals surface area contributed by atoms with Crippen molar-refractivity contribution in [1.29, 1.82) is 0 Å². The fraction of sp³-hybridized carbons (Fsp3) is 0.474. The van der Waals surface area contributed by atoms with Gasteiger partial charge in [0.15, 0.2) is 0 Å². The standard InChI is InChI=1S/C38H45BrClN3O7/c1-6-8-18-29(45)41-23(5)32(24-14-10-9-11-15-24)49-37(48)30-31-35(46)43(28(21-44)22(3)4)34(38(31)20-25(39)33(30)50-38)36(47)42(19-7-2)27-17-13-12-16-26(27)40/h6-7,9-17,22-23,25,28,30-34,44H,1-2,8,18-21H2,3-5H3,(H,41,45)/t23-,25?,28+,30+,31-,32-,33+,34+,38-/m1/s1. The number of nitrogens with one attached hydrogen (secondary N) is 1. The molecule has 2 aromatic carbocycles. The number of para-hydroxylation sites is 1. The van der Waals surface area contributed by atoms with Crippen LogP contribution in [-0.4, -0.2) is 81.5 Å². The number of amides is 3. The smallest absolute Gasteiger partial charge is 0.313 e. The van der Waals surface area contributed by atoms with E-state index < -0.39 is 72.2 Å². The summed E-state index contributed by atoms with van der Waals surface area (Å²) < 4.78 is 13.0. The molecule has 0 radical (unpaired) electrons. The Labute approximate surface area is 306 Å². The molecule has 3 aliphatic rings. The molecule has 5 rings (SSSR count). The molecule has 1 spiro atoms. The molecule has 0 aromatic heterocycles. The maximum absolute atomic E-state index is 14.9. The zero-order valence-corrected chi connectivity index (χ0v) is 30.9. The molecule has 10 nitrogen and oxygen atoms in total. The Morgan fingerprint density at radius 2 is 1.82 bits per heavy atom. The largest absolute Gasteiger partial charge is 0.455 e. The van der Waals surface area contributed by atoms with Gasteiger partial charge in [0.2, 0.25) is 11.8 Å². The fourth-order valence-corrected chi connectivity index (χ4v) is 8.97. The number of fused-ring (bicyclic) bond motifs is 1. The molecular weight excluding hydrogens is 726 g/mol. The summed E-state index contributed by atoms with van der Waals surface area (Å²) in [6.07, 6.45) is 2.57. The lowest BCUT2D eigenvalue weighted by atomic mass is 9.70. The van der Waals surface area contributed by atoms with E-state index in [1.165, 1.54) is 9.80 Å². The summed E-state index contributed by atoms with van der Waals surface area (Å²) >= 11 is 10.3. The summed E-state index contributed by atoms with van der Waals surface area (Å²) in [6.45, 7) is 12.7. The number of rotatable bonds is 15. The van der Waals surface area contributed by atoms with Gasteiger partial charge >= 0.3 is 5.97 Å². The zero-order chi connectivity index (χ0) is 36.3. The molecular formula is C38H45BrClN3O7. The second-order valence-electron chi connectivity index (χ2n) is 13.5. The van der Waals surface area contributed by atoms with Crippen molar-refractivity contribution in [2.24, 2.45) is 17.8 Å². The van der Waals surface area contributed by atoms with E-state index in [-0.39, 0.29) is 36.0 Å². The maximum atomic E-state index is 14.9. The SMILES string of the molecule is C=CCCC(=O)N[C@H](C)[C@@H](OC(=O)[C@@H]1[C@H]2O[C@@]3(CC2Br)[C@H](C(=O)N(CC=C)c2ccccc2Cl)N([C@@H](CO)C(C)C)C(=O)[C@@H]13)c1ccccc1. The van der Waals surface area contributed by atoms with Crippen LogP contribution in [0.15, 0.2) is 79.9 Å². The molecule has 3 heterocycles. The molecule has 9 atom stereocenters. The molecule has 0 saturated carbocycles. The lowest BCUT2D eigenvalue weighted by Gasteiger charge is -2.40. The number of allylic oxidation sites excluding steroid dienone is 1. The molecule has 2 bridgehead atoms. The molecule has 12 heteroatoms. The molecule has 268 valence electrons. The molecule has 3 amide bonds. The van der Waals surface area contributed by atoms with Crippen molar-refractivity contribution in [3.63, 3.8) is 0 Å². The van der Waals surface area contributed by atoms with Crippen molar-refractivity contribution in [2.45, 2.75) is 80.8 Å². The number of halogens is 2. The summed E-state index contributed by atoms with van der Waals surface area (Å²) in [5.74, 6) is -4.19. The summed E-state index contributed by atoms with van der Waals surface area (Å²) in [6, 6.07) is 13.5. The summed E-state index contributed by atoms with van der Waals surface area (Å²) in [7, 11) is 0. The number of benzene rings is 2. The van der Waals surface area contributed by atoms with Crippen molar-refractivity contribution < 1.29 is 33.8 Å². The van der Waals surface area contributed by atoms with Crippen LogP contribution in [-0.2, 0) is 28.7 Å². The van der Waals surface area contributed by atoms with Crippen LogP contribution in [0.25, 0.3) is 0 Å². The van der Waals surface area contributed by atoms with E-state index in [0.29, 0.717) is 22.7 Å². The Balaban J connectivity index is 1.55. The fourth-order valence-electron chi connectivity index (χ4n) is 7.79. The van der Waals surface area contributed by atoms with Crippen LogP contribution in [0, 0.1) is 17.8 Å². The Morgan fingerprint density at radius 3 is 2.44 bits per heavy atom. The van der Waals surface area contributed by atoms with E-state index in [2.05, 4.69) is 34.4 Å². The van der Waals surface area contributed by atoms with Gasteiger partial charge in [0.1, 0.15) is 17.7 Å². The van der Waals surface area contributed by atoms with E-state index in [4.69, 9.17) is 21.1 Å². The van der Waals surface area contributed by atoms with Gasteiger partial charge in [0.25, 0.3) is 5.91 Å². The first-order valence-corrected chi connectivity index (χ1v) is 18.3. The normalized spacial score (nSPS) is 27.0. The van der Waals surface area contributed by atoms with Gasteiger partial charge in [-0.1, -0.05) is 96.0 Å². The summed E-state index contributed by atoms with van der Waals surface area (Å²) in [5, 5.41) is 13.9. The van der Waals surface area contributed by atoms with E-state index in [9.17, 15) is 24.3 Å². The molecule has 3 fully saturated rings. The second-order valence-corrected chi connectivity index (χ2v) is 15.1. The van der Waals surface area contributed by atoms with Crippen LogP contribution < -0.4 is 10.2 Å². The first-order valence-electron chi connectivity index (χ1n) is 17.0. The number of ether oxygens (including phenoxy) is 2. The molecule has 50 heavy (non-hydrogen) atoms. The van der Waals surface area contributed by atoms with Crippen molar-refractivity contribution in [1.82, 2.24) is 10.2 Å². The van der Waals surface area contributed by atoms with Gasteiger partial charge in [-0.05, 0) is 43.4 Å². The quantitative estimate of drug-likeness (QED) is 0.142. The van der Waals surface area contributed by atoms with E-state index in [1.807, 2.05) is 44.2 Å². The summed E-state index contributed by atoms with van der Waals surface area (Å²) in [4.78, 5) is 59.4. The molecule has 0 aliphatic carbocycles. The minimum atomic E-state index is -1.41. The number of carbonyl (C=O) groups excluding carboxylic acids is 4. The Bertz CT molecular complexity index is 1610. The number of carbonyl (C=O) groups is 4. The number of anilines is 1. The zero-order valence-electron chi connectivity index (χ0n) is 28.5.